The Morgan fingerprint density at radius 1 is 1.14 bits per heavy atom. The summed E-state index contributed by atoms with van der Waals surface area (Å²) in [6, 6.07) is 5.76. The van der Waals surface area contributed by atoms with Crippen molar-refractivity contribution >= 4 is 11.8 Å². The van der Waals surface area contributed by atoms with Crippen LogP contribution in [0.5, 0.6) is 11.5 Å². The van der Waals surface area contributed by atoms with E-state index >= 15 is 0 Å². The fourth-order valence-electron chi connectivity index (χ4n) is 3.63. The summed E-state index contributed by atoms with van der Waals surface area (Å²) in [5, 5.41) is 5.89. The van der Waals surface area contributed by atoms with E-state index in [0.717, 1.165) is 49.9 Å². The van der Waals surface area contributed by atoms with Gasteiger partial charge in [0.25, 0.3) is 11.8 Å². The van der Waals surface area contributed by atoms with Gasteiger partial charge in [-0.25, -0.2) is 4.98 Å². The molecular weight excluding hydrogens is 372 g/mol. The Balaban J connectivity index is 1.51. The van der Waals surface area contributed by atoms with Crippen LogP contribution in [-0.2, 0) is 19.5 Å². The lowest BCUT2D eigenvalue weighted by molar-refractivity contribution is 0.0935. The number of aromatic nitrogens is 2. The first-order valence-corrected chi connectivity index (χ1v) is 10.00. The fraction of sp³-hybridized carbons (Fsp3) is 0.476. The van der Waals surface area contributed by atoms with Crippen molar-refractivity contribution in [1.82, 2.24) is 20.2 Å². The number of ether oxygens (including phenoxy) is 2. The molecule has 2 heterocycles. The molecule has 8 heteroatoms. The summed E-state index contributed by atoms with van der Waals surface area (Å²) in [6.45, 7) is 1.05. The number of rotatable bonds is 7. The van der Waals surface area contributed by atoms with Crippen LogP contribution >= 0.6 is 0 Å². The molecule has 1 aromatic carbocycles. The van der Waals surface area contributed by atoms with Crippen molar-refractivity contribution in [2.24, 2.45) is 0 Å². The van der Waals surface area contributed by atoms with Crippen LogP contribution < -0.4 is 20.1 Å². The summed E-state index contributed by atoms with van der Waals surface area (Å²) in [5.41, 5.74) is 2.09. The highest BCUT2D eigenvalue weighted by Gasteiger charge is 2.30. The Bertz CT molecular complexity index is 933. The molecule has 0 saturated heterocycles. The molecule has 29 heavy (non-hydrogen) atoms. The van der Waals surface area contributed by atoms with E-state index in [1.807, 2.05) is 16.7 Å². The minimum atomic E-state index is -0.268. The number of fused-ring (bicyclic) bond motifs is 1. The third kappa shape index (κ3) is 4.06. The second-order valence-electron chi connectivity index (χ2n) is 7.46. The molecule has 0 bridgehead atoms. The first kappa shape index (κ1) is 19.3. The lowest BCUT2D eigenvalue weighted by Gasteiger charge is -2.17. The standard InChI is InChI=1S/C21H26N4O4/c1-28-16-9-6-13(11-17(16)29-2)12-22-20(26)18-15-5-3-4-10-25(15)19(24-18)21(27)23-14-7-8-14/h6,9,11,14H,3-5,7-8,10,12H2,1-2H3,(H,22,26)(H,23,27). The molecule has 1 aliphatic carbocycles. The fourth-order valence-corrected chi connectivity index (χ4v) is 3.63. The largest absolute Gasteiger partial charge is 0.493 e. The number of hydrogen-bond acceptors (Lipinski definition) is 5. The number of imidazole rings is 1. The number of nitrogens with zero attached hydrogens (tertiary/aromatic N) is 2. The second kappa shape index (κ2) is 8.14. The van der Waals surface area contributed by atoms with Gasteiger partial charge in [-0.3, -0.25) is 9.59 Å². The smallest absolute Gasteiger partial charge is 0.287 e. The van der Waals surface area contributed by atoms with Gasteiger partial charge < -0.3 is 24.7 Å². The van der Waals surface area contributed by atoms with Crippen LogP contribution in [0.4, 0.5) is 0 Å². The first-order chi connectivity index (χ1) is 14.1. The minimum Gasteiger partial charge on any atom is -0.493 e. The highest BCUT2D eigenvalue weighted by molar-refractivity contribution is 5.97. The van der Waals surface area contributed by atoms with Gasteiger partial charge in [-0.1, -0.05) is 6.07 Å². The van der Waals surface area contributed by atoms with Gasteiger partial charge in [0.15, 0.2) is 17.3 Å². The average Bonchev–Trinajstić information content (AvgIpc) is 3.48. The van der Waals surface area contributed by atoms with Crippen molar-refractivity contribution in [3.05, 3.63) is 41.0 Å². The molecule has 0 unspecified atom stereocenters. The van der Waals surface area contributed by atoms with Crippen molar-refractivity contribution in [2.75, 3.05) is 14.2 Å². The third-order valence-electron chi connectivity index (χ3n) is 5.35. The van der Waals surface area contributed by atoms with E-state index < -0.39 is 0 Å². The van der Waals surface area contributed by atoms with E-state index in [4.69, 9.17) is 9.47 Å². The van der Waals surface area contributed by atoms with Gasteiger partial charge in [0.2, 0.25) is 0 Å². The van der Waals surface area contributed by atoms with E-state index in [9.17, 15) is 9.59 Å². The van der Waals surface area contributed by atoms with Crippen LogP contribution in [0.25, 0.3) is 0 Å². The summed E-state index contributed by atoms with van der Waals surface area (Å²) >= 11 is 0. The predicted octanol–water partition coefficient (Wildman–Crippen LogP) is 2.06. The van der Waals surface area contributed by atoms with Crippen molar-refractivity contribution in [3.63, 3.8) is 0 Å². The number of methoxy groups -OCH3 is 2. The topological polar surface area (TPSA) is 94.5 Å². The Hall–Kier alpha value is -3.03. The molecule has 0 spiro atoms. The molecule has 4 rings (SSSR count). The summed E-state index contributed by atoms with van der Waals surface area (Å²) in [4.78, 5) is 29.9. The van der Waals surface area contributed by atoms with E-state index in [1.54, 1.807) is 20.3 Å². The van der Waals surface area contributed by atoms with E-state index in [0.29, 0.717) is 29.6 Å². The maximum absolute atomic E-state index is 12.9. The number of nitrogens with one attached hydrogen (secondary N) is 2. The monoisotopic (exact) mass is 398 g/mol. The summed E-state index contributed by atoms with van der Waals surface area (Å²) in [6.07, 6.45) is 4.75. The second-order valence-corrected chi connectivity index (χ2v) is 7.46. The van der Waals surface area contributed by atoms with Crippen molar-refractivity contribution in [2.45, 2.75) is 51.2 Å². The number of carbonyl (C=O) groups excluding carboxylic acids is 2. The number of benzene rings is 1. The van der Waals surface area contributed by atoms with Crippen LogP contribution in [0.2, 0.25) is 0 Å². The molecule has 2 N–H and O–H groups in total. The molecule has 2 aliphatic rings. The lowest BCUT2D eigenvalue weighted by Crippen LogP contribution is -2.29. The van der Waals surface area contributed by atoms with Crippen molar-refractivity contribution in [3.8, 4) is 11.5 Å². The maximum atomic E-state index is 12.9. The molecule has 1 fully saturated rings. The van der Waals surface area contributed by atoms with Crippen LogP contribution in [-0.4, -0.2) is 41.6 Å². The zero-order valence-electron chi connectivity index (χ0n) is 16.8. The maximum Gasteiger partial charge on any atom is 0.287 e. The zero-order valence-corrected chi connectivity index (χ0v) is 16.8. The first-order valence-electron chi connectivity index (χ1n) is 10.00. The Kier molecular flexibility index (Phi) is 5.42. The van der Waals surface area contributed by atoms with Crippen LogP contribution in [0, 0.1) is 0 Å². The Morgan fingerprint density at radius 2 is 1.93 bits per heavy atom. The quantitative estimate of drug-likeness (QED) is 0.745. The molecule has 1 aromatic heterocycles. The summed E-state index contributed by atoms with van der Waals surface area (Å²) in [7, 11) is 3.16. The van der Waals surface area contributed by atoms with E-state index in [1.165, 1.54) is 0 Å². The number of amides is 2. The molecule has 2 aromatic rings. The zero-order chi connectivity index (χ0) is 20.4. The van der Waals surface area contributed by atoms with Gasteiger partial charge in [0, 0.05) is 19.1 Å². The van der Waals surface area contributed by atoms with Gasteiger partial charge in [-0.05, 0) is 49.8 Å². The van der Waals surface area contributed by atoms with Crippen LogP contribution in [0.15, 0.2) is 18.2 Å². The van der Waals surface area contributed by atoms with Crippen LogP contribution in [0.3, 0.4) is 0 Å². The summed E-state index contributed by atoms with van der Waals surface area (Å²) < 4.78 is 12.5. The lowest BCUT2D eigenvalue weighted by atomic mass is 10.1. The number of hydrogen-bond donors (Lipinski definition) is 2. The number of carbonyl (C=O) groups is 2. The molecule has 1 saturated carbocycles. The van der Waals surface area contributed by atoms with Crippen molar-refractivity contribution < 1.29 is 19.1 Å². The predicted molar refractivity (Wildman–Crippen MR) is 106 cm³/mol. The average molecular weight is 398 g/mol. The highest BCUT2D eigenvalue weighted by atomic mass is 16.5. The van der Waals surface area contributed by atoms with Gasteiger partial charge >= 0.3 is 0 Å². The third-order valence-corrected chi connectivity index (χ3v) is 5.35. The van der Waals surface area contributed by atoms with Gasteiger partial charge in [0.1, 0.15) is 5.69 Å². The van der Waals surface area contributed by atoms with Crippen molar-refractivity contribution in [1.29, 1.82) is 0 Å². The van der Waals surface area contributed by atoms with Crippen LogP contribution in [0.1, 0.15) is 58.0 Å². The molecule has 0 radical (unpaired) electrons. The van der Waals surface area contributed by atoms with Gasteiger partial charge in [0.05, 0.1) is 19.9 Å². The molecule has 8 nitrogen and oxygen atoms in total. The SMILES string of the molecule is COc1ccc(CNC(=O)c2nc(C(=O)NC3CC3)n3c2CCCC3)cc1OC. The van der Waals surface area contributed by atoms with E-state index in [2.05, 4.69) is 15.6 Å². The molecule has 2 amide bonds. The highest BCUT2D eigenvalue weighted by Crippen LogP contribution is 2.28. The van der Waals surface area contributed by atoms with Gasteiger partial charge in [-0.2, -0.15) is 0 Å². The molecular formula is C21H26N4O4. The molecule has 154 valence electrons. The molecule has 0 atom stereocenters. The Morgan fingerprint density at radius 3 is 2.66 bits per heavy atom. The van der Waals surface area contributed by atoms with Gasteiger partial charge in [-0.15, -0.1) is 0 Å². The molecule has 1 aliphatic heterocycles. The minimum absolute atomic E-state index is 0.186. The Labute approximate surface area is 169 Å². The summed E-state index contributed by atoms with van der Waals surface area (Å²) in [5.74, 6) is 1.14. The normalized spacial score (nSPS) is 15.4. The van der Waals surface area contributed by atoms with E-state index in [-0.39, 0.29) is 17.9 Å².